The molecule has 3 N–H and O–H groups in total. The fraction of sp³-hybridized carbons (Fsp3) is 0.167. The van der Waals surface area contributed by atoms with Crippen LogP contribution in [0.25, 0.3) is 0 Å². The molecule has 0 aliphatic carbocycles. The van der Waals surface area contributed by atoms with Crippen molar-refractivity contribution < 1.29 is 4.79 Å². The van der Waals surface area contributed by atoms with Crippen LogP contribution >= 0.6 is 11.3 Å². The predicted octanol–water partition coefficient (Wildman–Crippen LogP) is 2.16. The zero-order chi connectivity index (χ0) is 12.3. The van der Waals surface area contributed by atoms with E-state index in [0.717, 1.165) is 10.6 Å². The van der Waals surface area contributed by atoms with Crippen molar-refractivity contribution in [1.29, 1.82) is 0 Å². The molecule has 0 aliphatic rings. The van der Waals surface area contributed by atoms with E-state index in [-0.39, 0.29) is 5.91 Å². The monoisotopic (exact) mass is 247 g/mol. The van der Waals surface area contributed by atoms with Crippen molar-refractivity contribution in [2.45, 2.75) is 13.5 Å². The number of anilines is 1. The van der Waals surface area contributed by atoms with Crippen LogP contribution in [-0.2, 0) is 6.54 Å². The number of amides is 1. The molecule has 0 aliphatic heterocycles. The lowest BCUT2D eigenvalue weighted by Crippen LogP contribution is -2.12. The van der Waals surface area contributed by atoms with Crippen LogP contribution in [-0.4, -0.2) is 10.9 Å². The maximum absolute atomic E-state index is 12.0. The Hall–Kier alpha value is -1.72. The van der Waals surface area contributed by atoms with Crippen LogP contribution in [0.5, 0.6) is 0 Å². The van der Waals surface area contributed by atoms with Gasteiger partial charge < -0.3 is 11.1 Å². The van der Waals surface area contributed by atoms with Gasteiger partial charge in [-0.15, -0.1) is 11.3 Å². The highest BCUT2D eigenvalue weighted by Crippen LogP contribution is 2.22. The minimum Gasteiger partial charge on any atom is -0.325 e. The molecule has 4 nitrogen and oxygen atoms in total. The number of hydrogen-bond acceptors (Lipinski definition) is 4. The van der Waals surface area contributed by atoms with Crippen molar-refractivity contribution in [1.82, 2.24) is 4.98 Å². The summed E-state index contributed by atoms with van der Waals surface area (Å²) in [6, 6.07) is 5.36. The van der Waals surface area contributed by atoms with Gasteiger partial charge in [0, 0.05) is 18.3 Å². The van der Waals surface area contributed by atoms with E-state index in [2.05, 4.69) is 10.3 Å². The first-order valence-corrected chi connectivity index (χ1v) is 6.09. The number of hydrogen-bond donors (Lipinski definition) is 2. The molecule has 0 radical (unpaired) electrons. The third-order valence-corrected chi connectivity index (χ3v) is 3.31. The minimum absolute atomic E-state index is 0.132. The molecule has 0 saturated heterocycles. The fourth-order valence-corrected chi connectivity index (χ4v) is 2.22. The first kappa shape index (κ1) is 11.8. The summed E-state index contributed by atoms with van der Waals surface area (Å²) >= 11 is 1.51. The summed E-state index contributed by atoms with van der Waals surface area (Å²) in [5.41, 5.74) is 7.84. The summed E-state index contributed by atoms with van der Waals surface area (Å²) < 4.78 is 0. The number of nitrogens with one attached hydrogen (secondary N) is 1. The molecule has 2 heterocycles. The smallest absolute Gasteiger partial charge is 0.256 e. The number of carbonyl (C=O) groups is 1. The molecule has 0 fully saturated rings. The summed E-state index contributed by atoms with van der Waals surface area (Å²) in [4.78, 5) is 16.0. The van der Waals surface area contributed by atoms with Crippen LogP contribution in [0.1, 0.15) is 21.6 Å². The van der Waals surface area contributed by atoms with Gasteiger partial charge in [-0.25, -0.2) is 0 Å². The molecule has 88 valence electrons. The molecule has 2 rings (SSSR count). The summed E-state index contributed by atoms with van der Waals surface area (Å²) in [5, 5.41) is 5.69. The third kappa shape index (κ3) is 2.69. The number of rotatable bonds is 3. The highest BCUT2D eigenvalue weighted by Gasteiger charge is 2.09. The van der Waals surface area contributed by atoms with Crippen LogP contribution in [0.15, 0.2) is 29.8 Å². The Labute approximate surface area is 103 Å². The van der Waals surface area contributed by atoms with E-state index >= 15 is 0 Å². The number of carbonyl (C=O) groups excluding carboxylic acids is 1. The second-order valence-electron chi connectivity index (χ2n) is 3.63. The van der Waals surface area contributed by atoms with Gasteiger partial charge in [-0.1, -0.05) is 0 Å². The van der Waals surface area contributed by atoms with Crippen molar-refractivity contribution in [2.75, 3.05) is 5.32 Å². The van der Waals surface area contributed by atoms with E-state index in [0.29, 0.717) is 17.8 Å². The Morgan fingerprint density at radius 2 is 2.35 bits per heavy atom. The number of nitrogens with two attached hydrogens (primary N) is 1. The van der Waals surface area contributed by atoms with Crippen molar-refractivity contribution in [3.05, 3.63) is 46.6 Å². The number of nitrogens with zero attached hydrogens (tertiary/aromatic N) is 1. The molecule has 0 aromatic carbocycles. The van der Waals surface area contributed by atoms with Crippen LogP contribution < -0.4 is 11.1 Å². The molecule has 17 heavy (non-hydrogen) atoms. The van der Waals surface area contributed by atoms with Crippen LogP contribution in [0.4, 0.5) is 5.00 Å². The largest absolute Gasteiger partial charge is 0.325 e. The number of thiophene rings is 1. The van der Waals surface area contributed by atoms with Gasteiger partial charge in [0.1, 0.15) is 0 Å². The van der Waals surface area contributed by atoms with E-state index < -0.39 is 0 Å². The number of aromatic nitrogens is 1. The molecule has 1 amide bonds. The van der Waals surface area contributed by atoms with Gasteiger partial charge in [0.15, 0.2) is 0 Å². The molecule has 2 aromatic heterocycles. The molecular weight excluding hydrogens is 234 g/mol. The van der Waals surface area contributed by atoms with Gasteiger partial charge in [-0.05, 0) is 36.1 Å². The summed E-state index contributed by atoms with van der Waals surface area (Å²) in [6.45, 7) is 2.29. The lowest BCUT2D eigenvalue weighted by molar-refractivity contribution is 0.102. The molecule has 5 heteroatoms. The van der Waals surface area contributed by atoms with Crippen molar-refractivity contribution in [3.8, 4) is 0 Å². The van der Waals surface area contributed by atoms with Crippen LogP contribution in [0.3, 0.4) is 0 Å². The summed E-state index contributed by atoms with van der Waals surface area (Å²) in [7, 11) is 0. The lowest BCUT2D eigenvalue weighted by Gasteiger charge is -2.05. The van der Waals surface area contributed by atoms with Crippen molar-refractivity contribution in [3.63, 3.8) is 0 Å². The predicted molar refractivity (Wildman–Crippen MR) is 69.1 cm³/mol. The van der Waals surface area contributed by atoms with Crippen molar-refractivity contribution >= 4 is 22.2 Å². The van der Waals surface area contributed by atoms with E-state index in [1.54, 1.807) is 18.3 Å². The Morgan fingerprint density at radius 1 is 1.53 bits per heavy atom. The molecule has 0 bridgehead atoms. The van der Waals surface area contributed by atoms with Crippen LogP contribution in [0.2, 0.25) is 0 Å². The first-order valence-electron chi connectivity index (χ1n) is 5.21. The summed E-state index contributed by atoms with van der Waals surface area (Å²) in [5.74, 6) is -0.132. The van der Waals surface area contributed by atoms with Crippen molar-refractivity contribution in [2.24, 2.45) is 5.73 Å². The topological polar surface area (TPSA) is 68.0 Å². The highest BCUT2D eigenvalue weighted by atomic mass is 32.1. The normalized spacial score (nSPS) is 10.2. The average molecular weight is 247 g/mol. The second kappa shape index (κ2) is 5.07. The quantitative estimate of drug-likeness (QED) is 0.873. The Bertz CT molecular complexity index is 536. The van der Waals surface area contributed by atoms with E-state index in [1.807, 2.05) is 18.4 Å². The van der Waals surface area contributed by atoms with Gasteiger partial charge in [0.05, 0.1) is 10.7 Å². The van der Waals surface area contributed by atoms with E-state index in [4.69, 9.17) is 5.73 Å². The average Bonchev–Trinajstić information content (AvgIpc) is 2.75. The SMILES string of the molecule is Cc1ccsc1NC(=O)c1ccnc(CN)c1. The van der Waals surface area contributed by atoms with Gasteiger partial charge >= 0.3 is 0 Å². The maximum atomic E-state index is 12.0. The Balaban J connectivity index is 2.17. The van der Waals surface area contributed by atoms with Gasteiger partial charge in [-0.2, -0.15) is 0 Å². The van der Waals surface area contributed by atoms with Gasteiger partial charge in [0.2, 0.25) is 0 Å². The Kier molecular flexibility index (Phi) is 3.51. The first-order chi connectivity index (χ1) is 8.20. The van der Waals surface area contributed by atoms with E-state index in [1.165, 1.54) is 11.3 Å². The molecule has 0 atom stereocenters. The highest BCUT2D eigenvalue weighted by molar-refractivity contribution is 7.14. The fourth-order valence-electron chi connectivity index (χ4n) is 1.41. The zero-order valence-corrected chi connectivity index (χ0v) is 10.3. The minimum atomic E-state index is -0.132. The standard InChI is InChI=1S/C12H13N3OS/c1-8-3-5-17-12(8)15-11(16)9-2-4-14-10(6-9)7-13/h2-6H,7,13H2,1H3,(H,15,16). The lowest BCUT2D eigenvalue weighted by atomic mass is 10.2. The maximum Gasteiger partial charge on any atom is 0.256 e. The Morgan fingerprint density at radius 3 is 3.00 bits per heavy atom. The van der Waals surface area contributed by atoms with Crippen LogP contribution in [0, 0.1) is 6.92 Å². The summed E-state index contributed by atoms with van der Waals surface area (Å²) in [6.07, 6.45) is 1.60. The second-order valence-corrected chi connectivity index (χ2v) is 4.54. The van der Waals surface area contributed by atoms with E-state index in [9.17, 15) is 4.79 Å². The molecule has 0 spiro atoms. The van der Waals surface area contributed by atoms with Gasteiger partial charge in [-0.3, -0.25) is 9.78 Å². The molecule has 0 unspecified atom stereocenters. The number of pyridine rings is 1. The number of aryl methyl sites for hydroxylation is 1. The molecular formula is C12H13N3OS. The molecule has 0 saturated carbocycles. The molecule has 2 aromatic rings. The third-order valence-electron chi connectivity index (χ3n) is 2.38. The van der Waals surface area contributed by atoms with Gasteiger partial charge in [0.25, 0.3) is 5.91 Å². The zero-order valence-electron chi connectivity index (χ0n) is 9.43.